The van der Waals surface area contributed by atoms with Crippen LogP contribution in [-0.2, 0) is 0 Å². The lowest BCUT2D eigenvalue weighted by Gasteiger charge is -2.33. The molecule has 3 rings (SSSR count). The van der Waals surface area contributed by atoms with Crippen LogP contribution in [0.2, 0.25) is 0 Å². The highest BCUT2D eigenvalue weighted by Gasteiger charge is 2.17. The topological polar surface area (TPSA) is 27.3 Å². The van der Waals surface area contributed by atoms with Gasteiger partial charge >= 0.3 is 0 Å². The van der Waals surface area contributed by atoms with Crippen molar-refractivity contribution in [3.8, 4) is 0 Å². The maximum atomic E-state index is 5.45. The summed E-state index contributed by atoms with van der Waals surface area (Å²) in [6.07, 6.45) is 2.63. The summed E-state index contributed by atoms with van der Waals surface area (Å²) in [6.45, 7) is 6.80. The van der Waals surface area contributed by atoms with E-state index in [4.69, 9.17) is 12.2 Å². The number of halogens is 1. The highest BCUT2D eigenvalue weighted by atomic mass is 79.9. The van der Waals surface area contributed by atoms with Crippen LogP contribution in [0.5, 0.6) is 0 Å². The van der Waals surface area contributed by atoms with E-state index in [0.29, 0.717) is 5.11 Å². The lowest BCUT2D eigenvalue weighted by atomic mass is 9.99. The molecule has 0 saturated carbocycles. The van der Waals surface area contributed by atoms with Gasteiger partial charge in [0.25, 0.3) is 0 Å². The van der Waals surface area contributed by atoms with Crippen molar-refractivity contribution in [1.29, 1.82) is 0 Å². The molecule has 26 heavy (non-hydrogen) atoms. The maximum Gasteiger partial charge on any atom is 0.171 e. The molecule has 0 aliphatic carbocycles. The number of anilines is 2. The highest BCUT2D eigenvalue weighted by molar-refractivity contribution is 9.10. The predicted octanol–water partition coefficient (Wildman–Crippen LogP) is 5.73. The molecular formula is C21H26BrN3S. The van der Waals surface area contributed by atoms with Gasteiger partial charge in [-0.15, -0.1) is 0 Å². The quantitative estimate of drug-likeness (QED) is 0.603. The Bertz CT molecular complexity index is 747. The molecule has 3 nitrogen and oxygen atoms in total. The van der Waals surface area contributed by atoms with E-state index in [1.807, 2.05) is 24.3 Å². The van der Waals surface area contributed by atoms with E-state index in [1.54, 1.807) is 0 Å². The number of piperidine rings is 1. The van der Waals surface area contributed by atoms with Gasteiger partial charge < -0.3 is 15.5 Å². The fourth-order valence-corrected chi connectivity index (χ4v) is 4.10. The Hall–Kier alpha value is -1.59. The lowest BCUT2D eigenvalue weighted by Crippen LogP contribution is -2.34. The molecule has 2 atom stereocenters. The fraction of sp³-hybridized carbons (Fsp3) is 0.381. The summed E-state index contributed by atoms with van der Waals surface area (Å²) in [5.41, 5.74) is 3.53. The van der Waals surface area contributed by atoms with Gasteiger partial charge in [0.2, 0.25) is 0 Å². The van der Waals surface area contributed by atoms with Crippen LogP contribution in [-0.4, -0.2) is 18.2 Å². The molecule has 1 aliphatic heterocycles. The highest BCUT2D eigenvalue weighted by Crippen LogP contribution is 2.24. The molecule has 0 radical (unpaired) electrons. The molecule has 0 bridgehead atoms. The normalized spacial score (nSPS) is 18.3. The van der Waals surface area contributed by atoms with Gasteiger partial charge in [0.1, 0.15) is 0 Å². The summed E-state index contributed by atoms with van der Waals surface area (Å²) in [4.78, 5) is 2.50. The average Bonchev–Trinajstić information content (AvgIpc) is 2.61. The van der Waals surface area contributed by atoms with Crippen molar-refractivity contribution in [2.75, 3.05) is 23.3 Å². The Morgan fingerprint density at radius 1 is 1.23 bits per heavy atom. The van der Waals surface area contributed by atoms with Crippen molar-refractivity contribution in [3.05, 3.63) is 58.6 Å². The zero-order valence-corrected chi connectivity index (χ0v) is 17.7. The number of nitrogens with one attached hydrogen (secondary N) is 2. The summed E-state index contributed by atoms with van der Waals surface area (Å²) in [5, 5.41) is 7.22. The summed E-state index contributed by atoms with van der Waals surface area (Å²) in [7, 11) is 0. The fourth-order valence-electron chi connectivity index (χ4n) is 3.41. The first-order valence-corrected chi connectivity index (χ1v) is 10.4. The third kappa shape index (κ3) is 5.21. The van der Waals surface area contributed by atoms with Crippen LogP contribution in [0.15, 0.2) is 53.0 Å². The number of nitrogens with zero attached hydrogens (tertiary/aromatic N) is 1. The molecule has 138 valence electrons. The molecule has 2 aromatic carbocycles. The third-order valence-corrected chi connectivity index (χ3v) is 5.56. The van der Waals surface area contributed by atoms with Gasteiger partial charge in [-0.3, -0.25) is 0 Å². The summed E-state index contributed by atoms with van der Waals surface area (Å²) < 4.78 is 1.03. The Balaban J connectivity index is 1.57. The van der Waals surface area contributed by atoms with Crippen molar-refractivity contribution in [3.63, 3.8) is 0 Å². The largest absolute Gasteiger partial charge is 0.371 e. The van der Waals surface area contributed by atoms with Crippen LogP contribution in [0.25, 0.3) is 0 Å². The van der Waals surface area contributed by atoms with Gasteiger partial charge in [0.05, 0.1) is 6.04 Å². The van der Waals surface area contributed by atoms with Crippen LogP contribution < -0.4 is 15.5 Å². The van der Waals surface area contributed by atoms with E-state index >= 15 is 0 Å². The Morgan fingerprint density at radius 2 is 2.00 bits per heavy atom. The van der Waals surface area contributed by atoms with Crippen molar-refractivity contribution >= 4 is 44.6 Å². The molecule has 0 amide bonds. The second-order valence-corrected chi connectivity index (χ2v) is 8.44. The van der Waals surface area contributed by atoms with Crippen LogP contribution in [0.4, 0.5) is 11.4 Å². The number of hydrogen-bond acceptors (Lipinski definition) is 2. The molecule has 0 spiro atoms. The van der Waals surface area contributed by atoms with Gasteiger partial charge in [-0.2, -0.15) is 0 Å². The molecule has 1 aliphatic rings. The summed E-state index contributed by atoms with van der Waals surface area (Å²) >= 11 is 8.93. The molecule has 1 heterocycles. The second kappa shape index (κ2) is 8.87. The number of hydrogen-bond donors (Lipinski definition) is 2. The molecule has 2 aromatic rings. The van der Waals surface area contributed by atoms with E-state index in [-0.39, 0.29) is 6.04 Å². The predicted molar refractivity (Wildman–Crippen MR) is 119 cm³/mol. The third-order valence-electron chi connectivity index (χ3n) is 4.85. The minimum Gasteiger partial charge on any atom is -0.371 e. The molecule has 1 fully saturated rings. The van der Waals surface area contributed by atoms with Crippen LogP contribution in [0.1, 0.15) is 38.3 Å². The zero-order chi connectivity index (χ0) is 18.5. The monoisotopic (exact) mass is 431 g/mol. The first-order valence-electron chi connectivity index (χ1n) is 9.19. The standard InChI is InChI=1S/C21H26BrN3S/c1-15-5-4-12-25(14-15)20-10-8-17(9-11-20)16(2)23-21(26)24-19-7-3-6-18(22)13-19/h3,6-11,13,15-16H,4-5,12,14H2,1-2H3,(H2,23,24,26)/t15-,16+/m0/s1. The van der Waals surface area contributed by atoms with Crippen LogP contribution >= 0.6 is 28.1 Å². The van der Waals surface area contributed by atoms with Crippen molar-refractivity contribution in [1.82, 2.24) is 5.32 Å². The minimum atomic E-state index is 0.150. The molecular weight excluding hydrogens is 406 g/mol. The number of thiocarbonyl (C=S) groups is 1. The maximum absolute atomic E-state index is 5.45. The van der Waals surface area contributed by atoms with Gasteiger partial charge in [-0.25, -0.2) is 0 Å². The van der Waals surface area contributed by atoms with Crippen molar-refractivity contribution < 1.29 is 0 Å². The van der Waals surface area contributed by atoms with Crippen LogP contribution in [0, 0.1) is 5.92 Å². The van der Waals surface area contributed by atoms with Crippen LogP contribution in [0.3, 0.4) is 0 Å². The Labute approximate surface area is 170 Å². The van der Waals surface area contributed by atoms with E-state index < -0.39 is 0 Å². The van der Waals surface area contributed by atoms with E-state index in [0.717, 1.165) is 29.2 Å². The second-order valence-electron chi connectivity index (χ2n) is 7.12. The molecule has 2 N–H and O–H groups in total. The Kier molecular flexibility index (Phi) is 6.54. The first kappa shape index (κ1) is 19.2. The van der Waals surface area contributed by atoms with E-state index in [1.165, 1.54) is 24.1 Å². The summed E-state index contributed by atoms with van der Waals surface area (Å²) in [5.74, 6) is 0.783. The zero-order valence-electron chi connectivity index (χ0n) is 15.3. The smallest absolute Gasteiger partial charge is 0.171 e. The molecule has 0 unspecified atom stereocenters. The van der Waals surface area contributed by atoms with Gasteiger partial charge in [0.15, 0.2) is 5.11 Å². The van der Waals surface area contributed by atoms with Crippen molar-refractivity contribution in [2.45, 2.75) is 32.7 Å². The molecule has 1 saturated heterocycles. The molecule has 0 aromatic heterocycles. The van der Waals surface area contributed by atoms with E-state index in [2.05, 4.69) is 69.6 Å². The first-order chi connectivity index (χ1) is 12.5. The number of rotatable bonds is 4. The van der Waals surface area contributed by atoms with Gasteiger partial charge in [-0.1, -0.05) is 41.1 Å². The Morgan fingerprint density at radius 3 is 2.69 bits per heavy atom. The lowest BCUT2D eigenvalue weighted by molar-refractivity contribution is 0.447. The number of benzene rings is 2. The summed E-state index contributed by atoms with van der Waals surface area (Å²) in [6, 6.07) is 17.0. The van der Waals surface area contributed by atoms with Gasteiger partial charge in [-0.05, 0) is 73.8 Å². The minimum absolute atomic E-state index is 0.150. The van der Waals surface area contributed by atoms with Crippen molar-refractivity contribution in [2.24, 2.45) is 5.92 Å². The van der Waals surface area contributed by atoms with E-state index in [9.17, 15) is 0 Å². The average molecular weight is 432 g/mol. The molecule has 5 heteroatoms. The van der Waals surface area contributed by atoms with Gasteiger partial charge in [0, 0.05) is 28.9 Å². The SMILES string of the molecule is C[C@H]1CCCN(c2ccc([C@@H](C)NC(=S)Nc3cccc(Br)c3)cc2)C1.